The summed E-state index contributed by atoms with van der Waals surface area (Å²) in [5.74, 6) is 2.32. The molecule has 0 saturated heterocycles. The Morgan fingerprint density at radius 2 is 2.00 bits per heavy atom. The van der Waals surface area contributed by atoms with Gasteiger partial charge in [0.25, 0.3) is 0 Å². The topological polar surface area (TPSA) is 49.6 Å². The van der Waals surface area contributed by atoms with Crippen LogP contribution in [0.5, 0.6) is 0 Å². The van der Waals surface area contributed by atoms with Crippen molar-refractivity contribution >= 4 is 41.5 Å². The molecule has 1 fully saturated rings. The summed E-state index contributed by atoms with van der Waals surface area (Å²) in [6, 6.07) is 12.4. The van der Waals surface area contributed by atoms with Gasteiger partial charge in [0.05, 0.1) is 12.8 Å². The molecule has 0 radical (unpaired) electrons. The Bertz CT molecular complexity index is 622. The van der Waals surface area contributed by atoms with E-state index in [4.69, 9.17) is 16.0 Å². The van der Waals surface area contributed by atoms with E-state index in [1.165, 1.54) is 5.56 Å². The van der Waals surface area contributed by atoms with Crippen LogP contribution >= 0.6 is 35.6 Å². The van der Waals surface area contributed by atoms with Gasteiger partial charge < -0.3 is 15.1 Å². The van der Waals surface area contributed by atoms with Gasteiger partial charge in [0.2, 0.25) is 0 Å². The maximum Gasteiger partial charge on any atom is 0.191 e. The molecule has 1 aliphatic carbocycles. The van der Waals surface area contributed by atoms with Gasteiger partial charge in [0.1, 0.15) is 5.76 Å². The Balaban J connectivity index is 0.00000192. The molecule has 23 heavy (non-hydrogen) atoms. The largest absolute Gasteiger partial charge is 0.467 e. The molecule has 0 unspecified atom stereocenters. The summed E-state index contributed by atoms with van der Waals surface area (Å²) in [7, 11) is 1.78. The number of halogens is 2. The molecule has 0 spiro atoms. The van der Waals surface area contributed by atoms with Crippen molar-refractivity contribution in [2.45, 2.75) is 31.3 Å². The molecule has 0 atom stereocenters. The maximum atomic E-state index is 5.93. The number of rotatable bonds is 4. The first-order valence-corrected chi connectivity index (χ1v) is 7.87. The monoisotopic (exact) mass is 445 g/mol. The zero-order valence-corrected chi connectivity index (χ0v) is 16.0. The highest BCUT2D eigenvalue weighted by Gasteiger charge is 2.30. The van der Waals surface area contributed by atoms with Gasteiger partial charge in [-0.05, 0) is 48.6 Å². The highest BCUT2D eigenvalue weighted by Crippen LogP contribution is 2.37. The number of nitrogens with one attached hydrogen (secondary N) is 2. The van der Waals surface area contributed by atoms with Crippen molar-refractivity contribution in [2.24, 2.45) is 4.99 Å². The molecular formula is C17H21ClIN3O. The van der Waals surface area contributed by atoms with Gasteiger partial charge in [-0.25, -0.2) is 0 Å². The fourth-order valence-electron chi connectivity index (χ4n) is 2.71. The average Bonchev–Trinajstić information content (AvgIpc) is 3.00. The van der Waals surface area contributed by atoms with Crippen LogP contribution in [0.25, 0.3) is 0 Å². The molecule has 3 rings (SSSR count). The lowest BCUT2D eigenvalue weighted by Gasteiger charge is -2.37. The van der Waals surface area contributed by atoms with Crippen LogP contribution in [-0.4, -0.2) is 19.0 Å². The van der Waals surface area contributed by atoms with E-state index in [0.717, 1.165) is 29.6 Å². The molecular weight excluding hydrogens is 425 g/mol. The van der Waals surface area contributed by atoms with Crippen molar-refractivity contribution in [3.8, 4) is 0 Å². The Hall–Kier alpha value is -1.21. The molecule has 2 aromatic rings. The Morgan fingerprint density at radius 3 is 2.61 bits per heavy atom. The zero-order valence-electron chi connectivity index (χ0n) is 13.0. The van der Waals surface area contributed by atoms with Gasteiger partial charge in [-0.1, -0.05) is 23.7 Å². The van der Waals surface area contributed by atoms with Crippen molar-refractivity contribution in [1.82, 2.24) is 10.6 Å². The summed E-state index contributed by atoms with van der Waals surface area (Å²) in [6.07, 6.45) is 3.90. The number of furan rings is 1. The van der Waals surface area contributed by atoms with E-state index in [1.807, 2.05) is 24.3 Å². The molecule has 0 aliphatic heterocycles. The zero-order chi connectivity index (χ0) is 15.4. The third-order valence-corrected chi connectivity index (χ3v) is 4.31. The molecule has 6 heteroatoms. The number of aliphatic imine (C=N–C) groups is 1. The lowest BCUT2D eigenvalue weighted by molar-refractivity contribution is 0.321. The SMILES string of the molecule is CN=C(NCc1ccco1)NC1CC(c2ccc(Cl)cc2)C1.I. The summed E-state index contributed by atoms with van der Waals surface area (Å²) in [6.45, 7) is 0.639. The van der Waals surface area contributed by atoms with Crippen LogP contribution < -0.4 is 10.6 Å². The van der Waals surface area contributed by atoms with Crippen molar-refractivity contribution in [3.63, 3.8) is 0 Å². The Morgan fingerprint density at radius 1 is 1.26 bits per heavy atom. The fraction of sp³-hybridized carbons (Fsp3) is 0.353. The summed E-state index contributed by atoms with van der Waals surface area (Å²) in [5, 5.41) is 7.50. The summed E-state index contributed by atoms with van der Waals surface area (Å²) in [5.41, 5.74) is 1.36. The van der Waals surface area contributed by atoms with Crippen molar-refractivity contribution in [2.75, 3.05) is 7.05 Å². The predicted octanol–water partition coefficient (Wildman–Crippen LogP) is 4.16. The van der Waals surface area contributed by atoms with Crippen LogP contribution in [0.2, 0.25) is 5.02 Å². The van der Waals surface area contributed by atoms with Crippen LogP contribution in [0.1, 0.15) is 30.1 Å². The van der Waals surface area contributed by atoms with Crippen molar-refractivity contribution < 1.29 is 4.42 Å². The maximum absolute atomic E-state index is 5.93. The van der Waals surface area contributed by atoms with E-state index in [-0.39, 0.29) is 24.0 Å². The van der Waals surface area contributed by atoms with Crippen LogP contribution in [0.3, 0.4) is 0 Å². The second kappa shape index (κ2) is 8.59. The molecule has 4 nitrogen and oxygen atoms in total. The second-order valence-corrected chi connectivity index (χ2v) is 6.00. The van der Waals surface area contributed by atoms with E-state index >= 15 is 0 Å². The molecule has 124 valence electrons. The molecule has 1 aromatic heterocycles. The van der Waals surface area contributed by atoms with Gasteiger partial charge in [0, 0.05) is 18.1 Å². The molecule has 1 aliphatic rings. The smallest absolute Gasteiger partial charge is 0.191 e. The highest BCUT2D eigenvalue weighted by molar-refractivity contribution is 14.0. The van der Waals surface area contributed by atoms with Crippen molar-refractivity contribution in [3.05, 3.63) is 59.0 Å². The minimum absolute atomic E-state index is 0. The minimum Gasteiger partial charge on any atom is -0.467 e. The molecule has 1 heterocycles. The molecule has 1 saturated carbocycles. The quantitative estimate of drug-likeness (QED) is 0.422. The number of benzene rings is 1. The first-order valence-electron chi connectivity index (χ1n) is 7.49. The Labute approximate surface area is 158 Å². The standard InChI is InChI=1S/C17H20ClN3O.HI/c1-19-17(20-11-16-3-2-8-22-16)21-15-9-13(10-15)12-4-6-14(18)7-5-12;/h2-8,13,15H,9-11H2,1H3,(H2,19,20,21);1H. The number of hydrogen-bond acceptors (Lipinski definition) is 2. The normalized spacial score (nSPS) is 20.3. The molecule has 0 bridgehead atoms. The molecule has 1 aromatic carbocycles. The summed E-state index contributed by atoms with van der Waals surface area (Å²) in [4.78, 5) is 4.25. The number of nitrogens with zero attached hydrogens (tertiary/aromatic N) is 1. The number of hydrogen-bond donors (Lipinski definition) is 2. The second-order valence-electron chi connectivity index (χ2n) is 5.57. The lowest BCUT2D eigenvalue weighted by atomic mass is 9.76. The van der Waals surface area contributed by atoms with E-state index in [9.17, 15) is 0 Å². The van der Waals surface area contributed by atoms with Crippen LogP contribution in [0, 0.1) is 0 Å². The fourth-order valence-corrected chi connectivity index (χ4v) is 2.84. The van der Waals surface area contributed by atoms with Gasteiger partial charge in [-0.2, -0.15) is 0 Å². The van der Waals surface area contributed by atoms with Crippen molar-refractivity contribution in [1.29, 1.82) is 0 Å². The molecule has 2 N–H and O–H groups in total. The van der Waals surface area contributed by atoms with E-state index in [0.29, 0.717) is 18.5 Å². The van der Waals surface area contributed by atoms with Crippen LogP contribution in [0.4, 0.5) is 0 Å². The van der Waals surface area contributed by atoms with E-state index in [1.54, 1.807) is 13.3 Å². The third kappa shape index (κ3) is 4.88. The van der Waals surface area contributed by atoms with E-state index in [2.05, 4.69) is 27.8 Å². The summed E-state index contributed by atoms with van der Waals surface area (Å²) < 4.78 is 5.30. The van der Waals surface area contributed by atoms with Gasteiger partial charge in [-0.3, -0.25) is 4.99 Å². The van der Waals surface area contributed by atoms with Crippen LogP contribution in [-0.2, 0) is 6.54 Å². The average molecular weight is 446 g/mol. The Kier molecular flexibility index (Phi) is 6.77. The lowest BCUT2D eigenvalue weighted by Crippen LogP contribution is -2.48. The molecule has 0 amide bonds. The van der Waals surface area contributed by atoms with Crippen LogP contribution in [0.15, 0.2) is 52.1 Å². The van der Waals surface area contributed by atoms with E-state index < -0.39 is 0 Å². The van der Waals surface area contributed by atoms with Gasteiger partial charge in [0.15, 0.2) is 5.96 Å². The first-order chi connectivity index (χ1) is 10.7. The van der Waals surface area contributed by atoms with Gasteiger partial charge >= 0.3 is 0 Å². The number of guanidine groups is 1. The predicted molar refractivity (Wildman–Crippen MR) is 105 cm³/mol. The van der Waals surface area contributed by atoms with Gasteiger partial charge in [-0.15, -0.1) is 24.0 Å². The minimum atomic E-state index is 0. The highest BCUT2D eigenvalue weighted by atomic mass is 127. The third-order valence-electron chi connectivity index (χ3n) is 4.05. The summed E-state index contributed by atoms with van der Waals surface area (Å²) >= 11 is 5.93. The first kappa shape index (κ1) is 18.1.